The molecule has 0 fully saturated rings. The lowest BCUT2D eigenvalue weighted by molar-refractivity contribution is -0.119. The molecule has 3 rings (SSSR count). The van der Waals surface area contributed by atoms with Crippen LogP contribution in [0.4, 0.5) is 5.69 Å². The third kappa shape index (κ3) is 5.77. The number of thioether (sulfide) groups is 1. The van der Waals surface area contributed by atoms with E-state index >= 15 is 0 Å². The van der Waals surface area contributed by atoms with Gasteiger partial charge in [-0.2, -0.15) is 0 Å². The first-order chi connectivity index (χ1) is 14.1. The van der Waals surface area contributed by atoms with Crippen LogP contribution >= 0.6 is 11.8 Å². The van der Waals surface area contributed by atoms with Gasteiger partial charge in [-0.05, 0) is 55.2 Å². The molecule has 152 valence electrons. The summed E-state index contributed by atoms with van der Waals surface area (Å²) in [6.07, 6.45) is 3.92. The monoisotopic (exact) mass is 411 g/mol. The lowest BCUT2D eigenvalue weighted by Gasteiger charge is -2.22. The van der Waals surface area contributed by atoms with Gasteiger partial charge in [0.05, 0.1) is 24.3 Å². The number of amides is 2. The highest BCUT2D eigenvalue weighted by Gasteiger charge is 2.17. The quantitative estimate of drug-likeness (QED) is 0.581. The fraction of sp³-hybridized carbons (Fsp3) is 0.273. The number of rotatable bonds is 8. The Morgan fingerprint density at radius 1 is 1.10 bits per heavy atom. The zero-order chi connectivity index (χ0) is 20.6. The van der Waals surface area contributed by atoms with Crippen molar-refractivity contribution in [3.8, 4) is 5.75 Å². The number of methoxy groups -OCH3 is 1. The van der Waals surface area contributed by atoms with E-state index in [-0.39, 0.29) is 23.3 Å². The molecule has 3 N–H and O–H groups in total. The standard InChI is InChI=1S/C22H25N3O3S/c1-15-11-18(28-2)12-16-7-6-10-19(22(15)16)24-25-21(27)14-29-13-20(26)23-17-8-4-3-5-9-17/h3-5,8-12,24H,6-7,13-14H2,1-2H3,(H,23,26)(H,25,27). The lowest BCUT2D eigenvalue weighted by Crippen LogP contribution is -2.38. The summed E-state index contributed by atoms with van der Waals surface area (Å²) in [6, 6.07) is 13.3. The third-order valence-electron chi connectivity index (χ3n) is 4.52. The molecule has 0 saturated heterocycles. The SMILES string of the molecule is COc1cc(C)c2c(c1)CCC=C2NNC(=O)CSCC(=O)Nc1ccccc1. The Bertz CT molecular complexity index is 913. The van der Waals surface area contributed by atoms with Crippen LogP contribution in [0.2, 0.25) is 0 Å². The van der Waals surface area contributed by atoms with Crippen LogP contribution in [0, 0.1) is 6.92 Å². The molecule has 2 amide bonds. The molecule has 0 aromatic heterocycles. The molecular formula is C22H25N3O3S. The van der Waals surface area contributed by atoms with E-state index in [1.807, 2.05) is 49.4 Å². The van der Waals surface area contributed by atoms with Gasteiger partial charge in [0.1, 0.15) is 5.75 Å². The van der Waals surface area contributed by atoms with Crippen LogP contribution < -0.4 is 20.9 Å². The predicted octanol–water partition coefficient (Wildman–Crippen LogP) is 3.28. The fourth-order valence-electron chi connectivity index (χ4n) is 3.24. The number of nitrogens with one attached hydrogen (secondary N) is 3. The summed E-state index contributed by atoms with van der Waals surface area (Å²) in [5.41, 5.74) is 10.8. The molecule has 7 heteroatoms. The van der Waals surface area contributed by atoms with Gasteiger partial charge in [-0.15, -0.1) is 11.8 Å². The molecular weight excluding hydrogens is 386 g/mol. The number of hydrazine groups is 1. The molecule has 0 spiro atoms. The second-order valence-corrected chi connectivity index (χ2v) is 7.70. The van der Waals surface area contributed by atoms with Crippen molar-refractivity contribution in [2.45, 2.75) is 19.8 Å². The van der Waals surface area contributed by atoms with Gasteiger partial charge in [-0.3, -0.25) is 20.4 Å². The van der Waals surface area contributed by atoms with Crippen molar-refractivity contribution in [1.82, 2.24) is 10.9 Å². The van der Waals surface area contributed by atoms with Gasteiger partial charge in [-0.1, -0.05) is 24.3 Å². The van der Waals surface area contributed by atoms with Crippen molar-refractivity contribution < 1.29 is 14.3 Å². The van der Waals surface area contributed by atoms with Crippen LogP contribution in [0.3, 0.4) is 0 Å². The van der Waals surface area contributed by atoms with Crippen LogP contribution in [0.1, 0.15) is 23.1 Å². The number of anilines is 1. The van der Waals surface area contributed by atoms with Gasteiger partial charge in [0, 0.05) is 11.3 Å². The first kappa shape index (κ1) is 20.8. The van der Waals surface area contributed by atoms with E-state index < -0.39 is 0 Å². The number of fused-ring (bicyclic) bond motifs is 1. The maximum absolute atomic E-state index is 12.1. The molecule has 0 unspecified atom stereocenters. The highest BCUT2D eigenvalue weighted by Crippen LogP contribution is 2.31. The number of carbonyl (C=O) groups is 2. The number of benzene rings is 2. The summed E-state index contributed by atoms with van der Waals surface area (Å²) in [5.74, 6) is 0.942. The summed E-state index contributed by atoms with van der Waals surface area (Å²) in [7, 11) is 1.66. The van der Waals surface area contributed by atoms with Gasteiger partial charge in [0.2, 0.25) is 11.8 Å². The first-order valence-electron chi connectivity index (χ1n) is 9.42. The first-order valence-corrected chi connectivity index (χ1v) is 10.6. The minimum absolute atomic E-state index is 0.129. The molecule has 2 aromatic carbocycles. The van der Waals surface area contributed by atoms with Crippen molar-refractivity contribution >= 4 is 35.0 Å². The van der Waals surface area contributed by atoms with E-state index in [2.05, 4.69) is 22.2 Å². The summed E-state index contributed by atoms with van der Waals surface area (Å²) in [4.78, 5) is 24.1. The molecule has 0 heterocycles. The zero-order valence-electron chi connectivity index (χ0n) is 16.6. The highest BCUT2D eigenvalue weighted by atomic mass is 32.2. The normalized spacial score (nSPS) is 12.4. The van der Waals surface area contributed by atoms with Gasteiger partial charge >= 0.3 is 0 Å². The maximum atomic E-state index is 12.1. The van der Waals surface area contributed by atoms with E-state index in [1.165, 1.54) is 17.3 Å². The molecule has 0 saturated carbocycles. The van der Waals surface area contributed by atoms with Crippen LogP contribution in [-0.2, 0) is 16.0 Å². The topological polar surface area (TPSA) is 79.5 Å². The average Bonchev–Trinajstić information content (AvgIpc) is 2.72. The Balaban J connectivity index is 1.45. The van der Waals surface area contributed by atoms with Crippen molar-refractivity contribution in [3.05, 3.63) is 65.2 Å². The number of para-hydroxylation sites is 1. The number of carbonyl (C=O) groups excluding carboxylic acids is 2. The van der Waals surface area contributed by atoms with Crippen molar-refractivity contribution in [2.75, 3.05) is 23.9 Å². The second-order valence-electron chi connectivity index (χ2n) is 6.72. The molecule has 0 atom stereocenters. The van der Waals surface area contributed by atoms with E-state index in [0.717, 1.165) is 41.1 Å². The minimum atomic E-state index is -0.179. The Morgan fingerprint density at radius 2 is 1.86 bits per heavy atom. The van der Waals surface area contributed by atoms with E-state index in [4.69, 9.17) is 4.74 Å². The number of hydrogen-bond donors (Lipinski definition) is 3. The van der Waals surface area contributed by atoms with Crippen LogP contribution in [0.15, 0.2) is 48.5 Å². The lowest BCUT2D eigenvalue weighted by atomic mass is 9.91. The number of allylic oxidation sites excluding steroid dienone is 1. The zero-order valence-corrected chi connectivity index (χ0v) is 17.4. The largest absolute Gasteiger partial charge is 0.497 e. The van der Waals surface area contributed by atoms with Crippen molar-refractivity contribution in [2.24, 2.45) is 0 Å². The molecule has 1 aliphatic carbocycles. The molecule has 0 radical (unpaired) electrons. The minimum Gasteiger partial charge on any atom is -0.497 e. The van der Waals surface area contributed by atoms with Gasteiger partial charge in [-0.25, -0.2) is 0 Å². The maximum Gasteiger partial charge on any atom is 0.248 e. The number of aryl methyl sites for hydroxylation is 2. The molecule has 6 nitrogen and oxygen atoms in total. The summed E-state index contributed by atoms with van der Waals surface area (Å²) in [5, 5.41) is 2.80. The van der Waals surface area contributed by atoms with Crippen molar-refractivity contribution in [3.63, 3.8) is 0 Å². The van der Waals surface area contributed by atoms with Crippen LogP contribution in [-0.4, -0.2) is 30.4 Å². The highest BCUT2D eigenvalue weighted by molar-refractivity contribution is 8.00. The second kappa shape index (κ2) is 10.0. The average molecular weight is 412 g/mol. The van der Waals surface area contributed by atoms with Crippen LogP contribution in [0.25, 0.3) is 5.70 Å². The van der Waals surface area contributed by atoms with E-state index in [1.54, 1.807) is 7.11 Å². The van der Waals surface area contributed by atoms with E-state index in [9.17, 15) is 9.59 Å². The number of hydrogen-bond acceptors (Lipinski definition) is 5. The molecule has 0 bridgehead atoms. The Kier molecular flexibility index (Phi) is 7.19. The van der Waals surface area contributed by atoms with Crippen LogP contribution in [0.5, 0.6) is 5.75 Å². The molecule has 2 aromatic rings. The Morgan fingerprint density at radius 3 is 2.62 bits per heavy atom. The van der Waals surface area contributed by atoms with Crippen molar-refractivity contribution in [1.29, 1.82) is 0 Å². The van der Waals surface area contributed by atoms with Gasteiger partial charge in [0.15, 0.2) is 0 Å². The third-order valence-corrected chi connectivity index (χ3v) is 5.45. The Labute approximate surface area is 175 Å². The fourth-order valence-corrected chi connectivity index (χ4v) is 3.86. The Hall–Kier alpha value is -2.93. The molecule has 0 aliphatic heterocycles. The molecule has 29 heavy (non-hydrogen) atoms. The van der Waals surface area contributed by atoms with Gasteiger partial charge in [0.25, 0.3) is 0 Å². The number of ether oxygens (including phenoxy) is 1. The van der Waals surface area contributed by atoms with E-state index in [0.29, 0.717) is 0 Å². The summed E-state index contributed by atoms with van der Waals surface area (Å²) in [6.45, 7) is 2.03. The summed E-state index contributed by atoms with van der Waals surface area (Å²) >= 11 is 1.27. The predicted molar refractivity (Wildman–Crippen MR) is 118 cm³/mol. The van der Waals surface area contributed by atoms with Gasteiger partial charge < -0.3 is 10.1 Å². The summed E-state index contributed by atoms with van der Waals surface area (Å²) < 4.78 is 5.35. The molecule has 1 aliphatic rings. The smallest absolute Gasteiger partial charge is 0.248 e.